The van der Waals surface area contributed by atoms with Crippen LogP contribution in [0.2, 0.25) is 0 Å². The van der Waals surface area contributed by atoms with E-state index in [1.807, 2.05) is 19.9 Å². The molecule has 4 bridgehead atoms. The molecule has 0 N–H and O–H groups in total. The zero-order valence-corrected chi connectivity index (χ0v) is 12.3. The van der Waals surface area contributed by atoms with Crippen molar-refractivity contribution in [2.75, 3.05) is 6.61 Å². The van der Waals surface area contributed by atoms with Gasteiger partial charge in [0, 0.05) is 0 Å². The molecular weight excluding hydrogens is 236 g/mol. The maximum absolute atomic E-state index is 12.1. The molecule has 4 rings (SSSR count). The second-order valence-corrected chi connectivity index (χ2v) is 7.56. The Kier molecular flexibility index (Phi) is 3.44. The van der Waals surface area contributed by atoms with Gasteiger partial charge >= 0.3 is 5.97 Å². The van der Waals surface area contributed by atoms with Crippen LogP contribution in [0.5, 0.6) is 0 Å². The summed E-state index contributed by atoms with van der Waals surface area (Å²) >= 11 is 0. The largest absolute Gasteiger partial charge is 0.461 e. The summed E-state index contributed by atoms with van der Waals surface area (Å²) in [5.74, 6) is 2.77. The molecule has 0 spiro atoms. The van der Waals surface area contributed by atoms with Crippen LogP contribution in [0.15, 0.2) is 11.6 Å². The Hall–Kier alpha value is -0.790. The van der Waals surface area contributed by atoms with Gasteiger partial charge in [-0.25, -0.2) is 0 Å². The van der Waals surface area contributed by atoms with Crippen LogP contribution in [0.3, 0.4) is 0 Å². The standard InChI is InChI=1S/C17H26O2/c1-12(2)3-4-19-16(18)11-17-8-13-5-14(9-17)7-15(6-13)10-17/h3,13-15H,4-11H2,1-2H3. The van der Waals surface area contributed by atoms with Crippen molar-refractivity contribution in [2.24, 2.45) is 23.2 Å². The summed E-state index contributed by atoms with van der Waals surface area (Å²) in [6.07, 6.45) is 10.8. The van der Waals surface area contributed by atoms with Gasteiger partial charge < -0.3 is 4.74 Å². The van der Waals surface area contributed by atoms with E-state index in [-0.39, 0.29) is 5.97 Å². The molecule has 0 saturated heterocycles. The summed E-state index contributed by atoms with van der Waals surface area (Å²) in [4.78, 5) is 12.1. The van der Waals surface area contributed by atoms with Gasteiger partial charge in [0.2, 0.25) is 0 Å². The van der Waals surface area contributed by atoms with E-state index in [0.29, 0.717) is 18.4 Å². The summed E-state index contributed by atoms with van der Waals surface area (Å²) in [5.41, 5.74) is 1.53. The molecule has 19 heavy (non-hydrogen) atoms. The second-order valence-electron chi connectivity index (χ2n) is 7.56. The van der Waals surface area contributed by atoms with Crippen LogP contribution in [0, 0.1) is 23.2 Å². The third-order valence-electron chi connectivity index (χ3n) is 5.42. The van der Waals surface area contributed by atoms with Crippen molar-refractivity contribution >= 4 is 5.97 Å². The third-order valence-corrected chi connectivity index (χ3v) is 5.42. The Balaban J connectivity index is 1.57. The Bertz CT molecular complexity index is 355. The first kappa shape index (κ1) is 13.2. The topological polar surface area (TPSA) is 26.3 Å². The second kappa shape index (κ2) is 4.96. The molecule has 106 valence electrons. The van der Waals surface area contributed by atoms with E-state index in [9.17, 15) is 4.79 Å². The van der Waals surface area contributed by atoms with Crippen LogP contribution in [0.1, 0.15) is 58.8 Å². The van der Waals surface area contributed by atoms with Crippen LogP contribution < -0.4 is 0 Å². The van der Waals surface area contributed by atoms with Gasteiger partial charge in [-0.05, 0) is 81.6 Å². The Morgan fingerprint density at radius 1 is 1.11 bits per heavy atom. The molecule has 0 aliphatic heterocycles. The zero-order valence-electron chi connectivity index (χ0n) is 12.3. The minimum Gasteiger partial charge on any atom is -0.461 e. The van der Waals surface area contributed by atoms with Crippen molar-refractivity contribution in [1.29, 1.82) is 0 Å². The number of hydrogen-bond donors (Lipinski definition) is 0. The van der Waals surface area contributed by atoms with Crippen molar-refractivity contribution in [3.8, 4) is 0 Å². The highest BCUT2D eigenvalue weighted by molar-refractivity contribution is 5.70. The lowest BCUT2D eigenvalue weighted by molar-refractivity contribution is -0.150. The molecule has 2 heteroatoms. The monoisotopic (exact) mass is 262 g/mol. The minimum atomic E-state index is 0.0273. The van der Waals surface area contributed by atoms with Crippen molar-refractivity contribution < 1.29 is 9.53 Å². The number of esters is 1. The van der Waals surface area contributed by atoms with E-state index in [4.69, 9.17) is 4.74 Å². The average Bonchev–Trinajstić information content (AvgIpc) is 2.25. The van der Waals surface area contributed by atoms with E-state index >= 15 is 0 Å². The normalized spacial score (nSPS) is 39.2. The first-order chi connectivity index (χ1) is 9.05. The van der Waals surface area contributed by atoms with Crippen LogP contribution in [0.25, 0.3) is 0 Å². The molecule has 0 amide bonds. The highest BCUT2D eigenvalue weighted by atomic mass is 16.5. The molecule has 0 radical (unpaired) electrons. The molecule has 0 heterocycles. The third kappa shape index (κ3) is 2.88. The highest BCUT2D eigenvalue weighted by Crippen LogP contribution is 2.61. The number of carbonyl (C=O) groups excluding carboxylic acids is 1. The van der Waals surface area contributed by atoms with E-state index < -0.39 is 0 Å². The zero-order chi connectivity index (χ0) is 13.5. The molecule has 0 atom stereocenters. The molecular formula is C17H26O2. The van der Waals surface area contributed by atoms with Crippen molar-refractivity contribution in [3.63, 3.8) is 0 Å². The lowest BCUT2D eigenvalue weighted by atomic mass is 9.49. The van der Waals surface area contributed by atoms with E-state index in [1.165, 1.54) is 44.1 Å². The molecule has 4 aliphatic rings. The number of allylic oxidation sites excluding steroid dienone is 1. The molecule has 0 aromatic carbocycles. The number of carbonyl (C=O) groups is 1. The van der Waals surface area contributed by atoms with Crippen molar-refractivity contribution in [3.05, 3.63) is 11.6 Å². The number of ether oxygens (including phenoxy) is 1. The molecule has 0 aromatic rings. The van der Waals surface area contributed by atoms with Gasteiger partial charge in [0.1, 0.15) is 6.61 Å². The predicted molar refractivity (Wildman–Crippen MR) is 75.6 cm³/mol. The van der Waals surface area contributed by atoms with E-state index in [0.717, 1.165) is 17.8 Å². The molecule has 0 unspecified atom stereocenters. The van der Waals surface area contributed by atoms with Crippen molar-refractivity contribution in [1.82, 2.24) is 0 Å². The first-order valence-electron chi connectivity index (χ1n) is 7.84. The van der Waals surface area contributed by atoms with Crippen molar-refractivity contribution in [2.45, 2.75) is 58.8 Å². The highest BCUT2D eigenvalue weighted by Gasteiger charge is 2.51. The summed E-state index contributed by atoms with van der Waals surface area (Å²) < 4.78 is 5.38. The van der Waals surface area contributed by atoms with Gasteiger partial charge in [-0.2, -0.15) is 0 Å². The van der Waals surface area contributed by atoms with E-state index in [1.54, 1.807) is 0 Å². The molecule has 0 aromatic heterocycles. The van der Waals surface area contributed by atoms with Gasteiger partial charge in [-0.1, -0.05) is 5.57 Å². The fraction of sp³-hybridized carbons (Fsp3) is 0.824. The summed E-state index contributed by atoms with van der Waals surface area (Å²) in [6, 6.07) is 0. The van der Waals surface area contributed by atoms with Gasteiger partial charge in [0.25, 0.3) is 0 Å². The van der Waals surface area contributed by atoms with Crippen LogP contribution >= 0.6 is 0 Å². The Morgan fingerprint density at radius 3 is 2.11 bits per heavy atom. The lowest BCUT2D eigenvalue weighted by Crippen LogP contribution is -2.47. The maximum atomic E-state index is 12.1. The SMILES string of the molecule is CC(C)=CCOC(=O)CC12CC3CC(CC(C3)C1)C2. The summed E-state index contributed by atoms with van der Waals surface area (Å²) in [5, 5.41) is 0. The smallest absolute Gasteiger partial charge is 0.306 e. The number of hydrogen-bond acceptors (Lipinski definition) is 2. The average molecular weight is 262 g/mol. The van der Waals surface area contributed by atoms with Gasteiger partial charge in [0.05, 0.1) is 6.42 Å². The number of rotatable bonds is 4. The van der Waals surface area contributed by atoms with Crippen LogP contribution in [-0.2, 0) is 9.53 Å². The van der Waals surface area contributed by atoms with Gasteiger partial charge in [-0.15, -0.1) is 0 Å². The van der Waals surface area contributed by atoms with Crippen LogP contribution in [0.4, 0.5) is 0 Å². The first-order valence-corrected chi connectivity index (χ1v) is 7.84. The summed E-state index contributed by atoms with van der Waals surface area (Å²) in [7, 11) is 0. The molecule has 4 aliphatic carbocycles. The Labute approximate surface area is 116 Å². The summed E-state index contributed by atoms with van der Waals surface area (Å²) in [6.45, 7) is 4.52. The molecule has 2 nitrogen and oxygen atoms in total. The maximum Gasteiger partial charge on any atom is 0.306 e. The molecule has 4 saturated carbocycles. The quantitative estimate of drug-likeness (QED) is 0.563. The lowest BCUT2D eigenvalue weighted by Gasteiger charge is -2.56. The van der Waals surface area contributed by atoms with E-state index in [2.05, 4.69) is 0 Å². The minimum absolute atomic E-state index is 0.0273. The Morgan fingerprint density at radius 2 is 1.63 bits per heavy atom. The van der Waals surface area contributed by atoms with Gasteiger partial charge in [0.15, 0.2) is 0 Å². The predicted octanol–water partition coefficient (Wildman–Crippen LogP) is 4.10. The fourth-order valence-corrected chi connectivity index (χ4v) is 5.17. The van der Waals surface area contributed by atoms with Gasteiger partial charge in [-0.3, -0.25) is 4.79 Å². The van der Waals surface area contributed by atoms with Crippen LogP contribution in [-0.4, -0.2) is 12.6 Å². The molecule has 4 fully saturated rings. The fourth-order valence-electron chi connectivity index (χ4n) is 5.17.